The summed E-state index contributed by atoms with van der Waals surface area (Å²) in [5.74, 6) is 0.120. The van der Waals surface area contributed by atoms with Crippen molar-refractivity contribution in [1.29, 1.82) is 0 Å². The predicted octanol–water partition coefficient (Wildman–Crippen LogP) is 4.30. The van der Waals surface area contributed by atoms with Crippen molar-refractivity contribution >= 4 is 23.1 Å². The lowest BCUT2D eigenvalue weighted by Crippen LogP contribution is -2.36. The van der Waals surface area contributed by atoms with Crippen LogP contribution in [0.2, 0.25) is 0 Å². The molecule has 0 saturated carbocycles. The predicted molar refractivity (Wildman–Crippen MR) is 144 cm³/mol. The van der Waals surface area contributed by atoms with Crippen molar-refractivity contribution < 1.29 is 9.90 Å². The van der Waals surface area contributed by atoms with E-state index in [2.05, 4.69) is 21.4 Å². The lowest BCUT2D eigenvalue weighted by molar-refractivity contribution is 0.0698. The quantitative estimate of drug-likeness (QED) is 0.407. The van der Waals surface area contributed by atoms with E-state index >= 15 is 0 Å². The molecule has 1 aromatic carbocycles. The van der Waals surface area contributed by atoms with Crippen LogP contribution in [0.5, 0.6) is 0 Å². The van der Waals surface area contributed by atoms with Crippen molar-refractivity contribution in [3.05, 3.63) is 87.1 Å². The van der Waals surface area contributed by atoms with Crippen LogP contribution in [0.25, 0.3) is 5.65 Å². The number of nitrogens with one attached hydrogen (secondary N) is 1. The molecule has 4 aromatic rings. The number of piperidine rings is 1. The number of fused-ring (bicyclic) bond motifs is 1. The number of rotatable bonds is 6. The standard InChI is InChI=1S/C28H32N6O3/c1-17-15-22(19(3)29-24-8-6-5-7-21(24)28(36)37)26-30-25(18(2)27(35)34(26)16-17)33-13-9-20(10-14-33)23-11-12-32(4)31-23/h5-8,11-12,15-16,19-20,29H,9-10,13-14H2,1-4H3,(H,36,37)/t19-/m1/s1. The number of aromatic nitrogens is 4. The van der Waals surface area contributed by atoms with Crippen LogP contribution < -0.4 is 15.8 Å². The monoisotopic (exact) mass is 500 g/mol. The van der Waals surface area contributed by atoms with E-state index in [4.69, 9.17) is 4.98 Å². The van der Waals surface area contributed by atoms with Crippen LogP contribution in [0.15, 0.2) is 53.6 Å². The lowest BCUT2D eigenvalue weighted by Gasteiger charge is -2.33. The van der Waals surface area contributed by atoms with Crippen molar-refractivity contribution in [3.63, 3.8) is 0 Å². The first-order valence-corrected chi connectivity index (χ1v) is 12.6. The van der Waals surface area contributed by atoms with Gasteiger partial charge in [0.1, 0.15) is 11.5 Å². The summed E-state index contributed by atoms with van der Waals surface area (Å²) in [7, 11) is 1.93. The Morgan fingerprint density at radius 1 is 1.16 bits per heavy atom. The summed E-state index contributed by atoms with van der Waals surface area (Å²) < 4.78 is 3.46. The molecular weight excluding hydrogens is 468 g/mol. The molecule has 4 heterocycles. The average molecular weight is 501 g/mol. The number of anilines is 2. The number of nitrogens with zero attached hydrogens (tertiary/aromatic N) is 5. The maximum absolute atomic E-state index is 13.5. The highest BCUT2D eigenvalue weighted by atomic mass is 16.4. The zero-order chi connectivity index (χ0) is 26.3. The smallest absolute Gasteiger partial charge is 0.337 e. The van der Waals surface area contributed by atoms with Crippen molar-refractivity contribution in [2.75, 3.05) is 23.3 Å². The van der Waals surface area contributed by atoms with Crippen molar-refractivity contribution in [1.82, 2.24) is 19.2 Å². The molecule has 192 valence electrons. The molecule has 37 heavy (non-hydrogen) atoms. The molecule has 0 unspecified atom stereocenters. The lowest BCUT2D eigenvalue weighted by atomic mass is 9.93. The molecule has 9 heteroatoms. The minimum absolute atomic E-state index is 0.0880. The van der Waals surface area contributed by atoms with Crippen LogP contribution in [-0.4, -0.2) is 43.3 Å². The summed E-state index contributed by atoms with van der Waals surface area (Å²) >= 11 is 0. The van der Waals surface area contributed by atoms with Crippen LogP contribution in [0, 0.1) is 13.8 Å². The first-order valence-electron chi connectivity index (χ1n) is 12.6. The third kappa shape index (κ3) is 4.69. The Hall–Kier alpha value is -4.14. The summed E-state index contributed by atoms with van der Waals surface area (Å²) in [5.41, 5.74) is 4.71. The molecule has 0 amide bonds. The fourth-order valence-electron chi connectivity index (χ4n) is 5.26. The number of aryl methyl sites for hydroxylation is 2. The molecule has 1 aliphatic heterocycles. The van der Waals surface area contributed by atoms with E-state index in [1.54, 1.807) is 28.7 Å². The third-order valence-corrected chi connectivity index (χ3v) is 7.23. The Kier molecular flexibility index (Phi) is 6.45. The average Bonchev–Trinajstić information content (AvgIpc) is 3.32. The summed E-state index contributed by atoms with van der Waals surface area (Å²) in [6.45, 7) is 7.34. The van der Waals surface area contributed by atoms with E-state index in [0.717, 1.165) is 42.8 Å². The van der Waals surface area contributed by atoms with E-state index in [1.807, 2.05) is 51.0 Å². The van der Waals surface area contributed by atoms with Gasteiger partial charge in [0.15, 0.2) is 0 Å². The normalized spacial score (nSPS) is 15.2. The van der Waals surface area contributed by atoms with Gasteiger partial charge in [0.05, 0.1) is 22.9 Å². The molecule has 1 aliphatic rings. The zero-order valence-electron chi connectivity index (χ0n) is 21.6. The van der Waals surface area contributed by atoms with Gasteiger partial charge in [0, 0.05) is 49.7 Å². The van der Waals surface area contributed by atoms with Gasteiger partial charge in [-0.05, 0) is 63.4 Å². The highest BCUT2D eigenvalue weighted by Gasteiger charge is 2.26. The van der Waals surface area contributed by atoms with Crippen molar-refractivity contribution in [2.45, 2.75) is 45.6 Å². The largest absolute Gasteiger partial charge is 0.478 e. The highest BCUT2D eigenvalue weighted by molar-refractivity contribution is 5.94. The van der Waals surface area contributed by atoms with Gasteiger partial charge in [0.25, 0.3) is 5.56 Å². The van der Waals surface area contributed by atoms with E-state index in [-0.39, 0.29) is 17.2 Å². The van der Waals surface area contributed by atoms with E-state index in [9.17, 15) is 14.7 Å². The van der Waals surface area contributed by atoms with Gasteiger partial charge in [0.2, 0.25) is 0 Å². The van der Waals surface area contributed by atoms with Gasteiger partial charge < -0.3 is 15.3 Å². The Morgan fingerprint density at radius 2 is 1.89 bits per heavy atom. The van der Waals surface area contributed by atoms with Crippen molar-refractivity contribution in [2.24, 2.45) is 7.05 Å². The Bertz CT molecular complexity index is 1530. The first kappa shape index (κ1) is 24.5. The van der Waals surface area contributed by atoms with Gasteiger partial charge in [-0.25, -0.2) is 9.78 Å². The molecule has 3 aromatic heterocycles. The van der Waals surface area contributed by atoms with Crippen LogP contribution in [0.4, 0.5) is 11.5 Å². The van der Waals surface area contributed by atoms with Gasteiger partial charge in [-0.3, -0.25) is 13.9 Å². The third-order valence-electron chi connectivity index (χ3n) is 7.23. The van der Waals surface area contributed by atoms with E-state index in [0.29, 0.717) is 28.6 Å². The number of hydrogen-bond acceptors (Lipinski definition) is 6. The van der Waals surface area contributed by atoms with Crippen LogP contribution in [0.3, 0.4) is 0 Å². The first-order chi connectivity index (χ1) is 17.7. The van der Waals surface area contributed by atoms with Crippen LogP contribution in [-0.2, 0) is 7.05 Å². The number of carbonyl (C=O) groups is 1. The number of benzene rings is 1. The highest BCUT2D eigenvalue weighted by Crippen LogP contribution is 2.31. The molecule has 1 atom stereocenters. The maximum Gasteiger partial charge on any atom is 0.337 e. The molecule has 2 N–H and O–H groups in total. The number of pyridine rings is 1. The molecular formula is C28H32N6O3. The topological polar surface area (TPSA) is 105 Å². The maximum atomic E-state index is 13.5. The SMILES string of the molecule is Cc1cc([C@@H](C)Nc2ccccc2C(=O)O)c2nc(N3CCC(c4ccn(C)n4)CC3)c(C)c(=O)n2c1. The molecule has 5 rings (SSSR count). The second kappa shape index (κ2) is 9.72. The number of hydrogen-bond donors (Lipinski definition) is 2. The molecule has 1 saturated heterocycles. The Labute approximate surface area is 215 Å². The molecule has 0 aliphatic carbocycles. The number of carboxylic acid groups (broad SMARTS) is 1. The minimum Gasteiger partial charge on any atom is -0.478 e. The second-order valence-electron chi connectivity index (χ2n) is 9.92. The fraction of sp³-hybridized carbons (Fsp3) is 0.357. The molecule has 0 spiro atoms. The van der Waals surface area contributed by atoms with Crippen molar-refractivity contribution in [3.8, 4) is 0 Å². The summed E-state index contributed by atoms with van der Waals surface area (Å²) in [6.07, 6.45) is 5.69. The summed E-state index contributed by atoms with van der Waals surface area (Å²) in [6, 6.07) is 10.6. The fourth-order valence-corrected chi connectivity index (χ4v) is 5.26. The molecule has 1 fully saturated rings. The molecule has 0 radical (unpaired) electrons. The Morgan fingerprint density at radius 3 is 2.57 bits per heavy atom. The minimum atomic E-state index is -0.995. The van der Waals surface area contributed by atoms with Gasteiger partial charge in [-0.2, -0.15) is 5.10 Å². The van der Waals surface area contributed by atoms with E-state index < -0.39 is 5.97 Å². The summed E-state index contributed by atoms with van der Waals surface area (Å²) in [4.78, 5) is 32.5. The molecule has 0 bridgehead atoms. The van der Waals surface area contributed by atoms with Crippen LogP contribution in [0.1, 0.15) is 64.5 Å². The molecule has 9 nitrogen and oxygen atoms in total. The van der Waals surface area contributed by atoms with Crippen LogP contribution >= 0.6 is 0 Å². The Balaban J connectivity index is 1.50. The zero-order valence-corrected chi connectivity index (χ0v) is 21.6. The van der Waals surface area contributed by atoms with Gasteiger partial charge >= 0.3 is 5.97 Å². The van der Waals surface area contributed by atoms with Gasteiger partial charge in [-0.15, -0.1) is 0 Å². The summed E-state index contributed by atoms with van der Waals surface area (Å²) in [5, 5.41) is 17.5. The number of para-hydroxylation sites is 1. The number of aromatic carboxylic acids is 1. The second-order valence-corrected chi connectivity index (χ2v) is 9.92. The van der Waals surface area contributed by atoms with E-state index in [1.165, 1.54) is 0 Å². The van der Waals surface area contributed by atoms with Gasteiger partial charge in [-0.1, -0.05) is 12.1 Å². The number of carboxylic acids is 1.